The van der Waals surface area contributed by atoms with Crippen molar-refractivity contribution in [3.05, 3.63) is 47.1 Å². The largest absolute Gasteiger partial charge is 0.340 e. The van der Waals surface area contributed by atoms with Gasteiger partial charge in [-0.3, -0.25) is 4.79 Å². The van der Waals surface area contributed by atoms with Gasteiger partial charge in [0.25, 0.3) is 5.91 Å². The first-order valence-corrected chi connectivity index (χ1v) is 10.1. The Kier molecular flexibility index (Phi) is 5.62. The molecule has 1 saturated carbocycles. The van der Waals surface area contributed by atoms with E-state index < -0.39 is 5.54 Å². The van der Waals surface area contributed by atoms with Crippen LogP contribution in [0.15, 0.2) is 28.8 Å². The summed E-state index contributed by atoms with van der Waals surface area (Å²) in [6, 6.07) is 7.37. The minimum Gasteiger partial charge on any atom is -0.340 e. The van der Waals surface area contributed by atoms with Gasteiger partial charge < -0.3 is 15.6 Å². The Balaban J connectivity index is 1.76. The fourth-order valence-electron chi connectivity index (χ4n) is 3.65. The van der Waals surface area contributed by atoms with Gasteiger partial charge in [0.1, 0.15) is 6.04 Å². The number of nitrogens with zero attached hydrogens (tertiary/aromatic N) is 2. The molecule has 1 atom stereocenters. The quantitative estimate of drug-likeness (QED) is 0.805. The summed E-state index contributed by atoms with van der Waals surface area (Å²) in [5.74, 6) is 0.918. The fraction of sp³-hybridized carbons (Fsp3) is 0.591. The molecule has 152 valence electrons. The van der Waals surface area contributed by atoms with E-state index in [0.717, 1.165) is 25.7 Å². The van der Waals surface area contributed by atoms with E-state index in [1.54, 1.807) is 0 Å². The van der Waals surface area contributed by atoms with Crippen molar-refractivity contribution < 1.29 is 9.32 Å². The Bertz CT molecular complexity index is 812. The molecule has 3 N–H and O–H groups in total. The molecule has 1 amide bonds. The molecule has 0 saturated heterocycles. The predicted molar refractivity (Wildman–Crippen MR) is 109 cm³/mol. The van der Waals surface area contributed by atoms with E-state index in [-0.39, 0.29) is 23.3 Å². The molecule has 1 unspecified atom stereocenters. The minimum absolute atomic E-state index is 0.0497. The number of nitrogens with two attached hydrogens (primary N) is 1. The Labute approximate surface area is 167 Å². The number of rotatable bonds is 5. The lowest BCUT2D eigenvalue weighted by atomic mass is 9.86. The lowest BCUT2D eigenvalue weighted by Gasteiger charge is -2.21. The van der Waals surface area contributed by atoms with Crippen molar-refractivity contribution in [2.75, 3.05) is 0 Å². The van der Waals surface area contributed by atoms with Crippen LogP contribution in [-0.2, 0) is 11.0 Å². The van der Waals surface area contributed by atoms with Crippen molar-refractivity contribution in [2.45, 2.75) is 77.3 Å². The van der Waals surface area contributed by atoms with Crippen molar-refractivity contribution in [3.8, 4) is 0 Å². The molecule has 0 spiro atoms. The van der Waals surface area contributed by atoms with Crippen LogP contribution in [0.1, 0.15) is 94.0 Å². The molecular weight excluding hydrogens is 352 g/mol. The van der Waals surface area contributed by atoms with Gasteiger partial charge in [0.05, 0.1) is 5.54 Å². The van der Waals surface area contributed by atoms with Crippen LogP contribution >= 0.6 is 0 Å². The molecule has 1 aliphatic rings. The Morgan fingerprint density at radius 3 is 2.32 bits per heavy atom. The monoisotopic (exact) mass is 384 g/mol. The average Bonchev–Trinajstić information content (AvgIpc) is 3.29. The van der Waals surface area contributed by atoms with Gasteiger partial charge in [0, 0.05) is 5.56 Å². The van der Waals surface area contributed by atoms with Crippen molar-refractivity contribution in [2.24, 2.45) is 11.7 Å². The number of hydrogen-bond donors (Lipinski definition) is 2. The first-order valence-electron chi connectivity index (χ1n) is 10.1. The zero-order valence-electron chi connectivity index (χ0n) is 17.6. The highest BCUT2D eigenvalue weighted by atomic mass is 16.5. The van der Waals surface area contributed by atoms with Gasteiger partial charge in [0.15, 0.2) is 5.82 Å². The van der Waals surface area contributed by atoms with Crippen molar-refractivity contribution >= 4 is 5.91 Å². The van der Waals surface area contributed by atoms with Crippen molar-refractivity contribution in [1.29, 1.82) is 0 Å². The van der Waals surface area contributed by atoms with Crippen LogP contribution in [0.2, 0.25) is 0 Å². The molecule has 28 heavy (non-hydrogen) atoms. The van der Waals surface area contributed by atoms with E-state index in [1.807, 2.05) is 38.1 Å². The van der Waals surface area contributed by atoms with Crippen LogP contribution in [0.4, 0.5) is 0 Å². The first kappa shape index (κ1) is 20.5. The van der Waals surface area contributed by atoms with Crippen molar-refractivity contribution in [3.63, 3.8) is 0 Å². The third-order valence-electron chi connectivity index (χ3n) is 5.62. The van der Waals surface area contributed by atoms with Crippen LogP contribution in [0, 0.1) is 5.92 Å². The van der Waals surface area contributed by atoms with Gasteiger partial charge in [-0.2, -0.15) is 4.98 Å². The molecule has 2 aromatic rings. The third kappa shape index (κ3) is 4.27. The second kappa shape index (κ2) is 7.66. The molecule has 6 nitrogen and oxygen atoms in total. The zero-order valence-corrected chi connectivity index (χ0v) is 17.6. The molecule has 0 aliphatic heterocycles. The molecule has 0 radical (unpaired) electrons. The summed E-state index contributed by atoms with van der Waals surface area (Å²) in [4.78, 5) is 17.4. The maximum Gasteiger partial charge on any atom is 0.251 e. The highest BCUT2D eigenvalue weighted by Gasteiger charge is 2.37. The van der Waals surface area contributed by atoms with Gasteiger partial charge in [-0.1, -0.05) is 64.7 Å². The van der Waals surface area contributed by atoms with Crippen LogP contribution < -0.4 is 11.1 Å². The summed E-state index contributed by atoms with van der Waals surface area (Å²) in [5.41, 5.74) is 7.79. The number of carbonyl (C=O) groups excluding carboxylic acids is 1. The standard InChI is InChI=1S/C22H32N4O2/c1-14(2)17(19-25-20(26-28-19)22(23)12-6-7-13-22)24-18(27)15-8-10-16(11-9-15)21(3,4)5/h8-11,14,17H,6-7,12-13,23H2,1-5H3,(H,24,27). The highest BCUT2D eigenvalue weighted by molar-refractivity contribution is 5.94. The molecule has 3 rings (SSSR count). The summed E-state index contributed by atoms with van der Waals surface area (Å²) in [6.07, 6.45) is 3.89. The maximum atomic E-state index is 12.8. The molecule has 0 bridgehead atoms. The van der Waals surface area contributed by atoms with Gasteiger partial charge in [0.2, 0.25) is 5.89 Å². The summed E-state index contributed by atoms with van der Waals surface area (Å²) in [7, 11) is 0. The van der Waals surface area contributed by atoms with E-state index in [1.165, 1.54) is 5.56 Å². The van der Waals surface area contributed by atoms with Crippen molar-refractivity contribution in [1.82, 2.24) is 15.5 Å². The lowest BCUT2D eigenvalue weighted by Crippen LogP contribution is -2.35. The van der Waals surface area contributed by atoms with E-state index in [0.29, 0.717) is 17.3 Å². The number of nitrogens with one attached hydrogen (secondary N) is 1. The molecule has 1 aromatic heterocycles. The first-order chi connectivity index (χ1) is 13.1. The van der Waals surface area contributed by atoms with Gasteiger partial charge in [-0.05, 0) is 41.9 Å². The summed E-state index contributed by atoms with van der Waals surface area (Å²) >= 11 is 0. The predicted octanol–water partition coefficient (Wildman–Crippen LogP) is 4.22. The molecule has 1 fully saturated rings. The minimum atomic E-state index is -0.504. The van der Waals surface area contributed by atoms with Gasteiger partial charge >= 0.3 is 0 Å². The normalized spacial score (nSPS) is 17.7. The van der Waals surface area contributed by atoms with Crippen LogP contribution in [0.5, 0.6) is 0 Å². The van der Waals surface area contributed by atoms with E-state index >= 15 is 0 Å². The second-order valence-electron chi connectivity index (χ2n) is 9.34. The van der Waals surface area contributed by atoms with Crippen LogP contribution in [0.25, 0.3) is 0 Å². The summed E-state index contributed by atoms with van der Waals surface area (Å²) in [5, 5.41) is 7.18. The third-order valence-corrected chi connectivity index (χ3v) is 5.62. The van der Waals surface area contributed by atoms with E-state index in [9.17, 15) is 4.79 Å². The highest BCUT2D eigenvalue weighted by Crippen LogP contribution is 2.35. The number of aromatic nitrogens is 2. The molecular formula is C22H32N4O2. The molecule has 6 heteroatoms. The summed E-state index contributed by atoms with van der Waals surface area (Å²) in [6.45, 7) is 10.5. The number of carbonyl (C=O) groups is 1. The molecule has 1 heterocycles. The maximum absolute atomic E-state index is 12.8. The molecule has 1 aliphatic carbocycles. The Morgan fingerprint density at radius 1 is 1.18 bits per heavy atom. The van der Waals surface area contributed by atoms with Crippen LogP contribution in [-0.4, -0.2) is 16.0 Å². The van der Waals surface area contributed by atoms with Gasteiger partial charge in [-0.15, -0.1) is 0 Å². The molecule has 1 aromatic carbocycles. The fourth-order valence-corrected chi connectivity index (χ4v) is 3.65. The van der Waals surface area contributed by atoms with E-state index in [2.05, 4.69) is 36.2 Å². The zero-order chi connectivity index (χ0) is 20.5. The number of hydrogen-bond acceptors (Lipinski definition) is 5. The summed E-state index contributed by atoms with van der Waals surface area (Å²) < 4.78 is 5.51. The topological polar surface area (TPSA) is 94.0 Å². The van der Waals surface area contributed by atoms with Gasteiger partial charge in [-0.25, -0.2) is 0 Å². The SMILES string of the molecule is CC(C)C(NC(=O)c1ccc(C(C)(C)C)cc1)c1nc(C2(N)CCCC2)no1. The second-order valence-corrected chi connectivity index (χ2v) is 9.34. The van der Waals surface area contributed by atoms with Crippen LogP contribution in [0.3, 0.4) is 0 Å². The Hall–Kier alpha value is -2.21. The average molecular weight is 385 g/mol. The smallest absolute Gasteiger partial charge is 0.251 e. The van der Waals surface area contributed by atoms with E-state index in [4.69, 9.17) is 10.3 Å². The Morgan fingerprint density at radius 2 is 1.79 bits per heavy atom. The number of benzene rings is 1. The number of amides is 1. The lowest BCUT2D eigenvalue weighted by molar-refractivity contribution is 0.0914.